The van der Waals surface area contributed by atoms with Gasteiger partial charge in [0.1, 0.15) is 12.4 Å². The lowest BCUT2D eigenvalue weighted by atomic mass is 9.99. The van der Waals surface area contributed by atoms with Crippen molar-refractivity contribution in [3.63, 3.8) is 0 Å². The van der Waals surface area contributed by atoms with Crippen molar-refractivity contribution in [1.82, 2.24) is 9.88 Å². The topological polar surface area (TPSA) is 71.9 Å². The number of hydrogen-bond acceptors (Lipinski definition) is 7. The minimum absolute atomic E-state index is 0.121. The number of nitrogens with zero attached hydrogens (tertiary/aromatic N) is 2. The van der Waals surface area contributed by atoms with Crippen LogP contribution in [0.5, 0.6) is 5.75 Å². The van der Waals surface area contributed by atoms with Crippen molar-refractivity contribution in [3.05, 3.63) is 59.6 Å². The molecular weight excluding hydrogens is 408 g/mol. The molecule has 0 fully saturated rings. The molecule has 8 heteroatoms. The molecule has 0 aliphatic carbocycles. The third kappa shape index (κ3) is 5.62. The number of methoxy groups -OCH3 is 1. The number of amides is 1. The molecule has 0 radical (unpaired) electrons. The first-order valence-corrected chi connectivity index (χ1v) is 11.1. The highest BCUT2D eigenvalue weighted by Crippen LogP contribution is 2.32. The summed E-state index contributed by atoms with van der Waals surface area (Å²) >= 11 is 3.29. The van der Waals surface area contributed by atoms with Gasteiger partial charge in [-0.05, 0) is 29.7 Å². The molecule has 1 aliphatic heterocycles. The van der Waals surface area contributed by atoms with E-state index in [2.05, 4.69) is 18.7 Å². The van der Waals surface area contributed by atoms with Crippen LogP contribution in [0.3, 0.4) is 0 Å². The van der Waals surface area contributed by atoms with Crippen molar-refractivity contribution in [2.24, 2.45) is 0 Å². The van der Waals surface area contributed by atoms with Crippen LogP contribution < -0.4 is 4.74 Å². The van der Waals surface area contributed by atoms with Gasteiger partial charge in [-0.15, -0.1) is 11.3 Å². The molecule has 0 bridgehead atoms. The van der Waals surface area contributed by atoms with Crippen molar-refractivity contribution in [1.29, 1.82) is 0 Å². The monoisotopic (exact) mass is 432 g/mol. The van der Waals surface area contributed by atoms with Crippen molar-refractivity contribution >= 4 is 34.8 Å². The van der Waals surface area contributed by atoms with Gasteiger partial charge in [-0.1, -0.05) is 42.6 Å². The van der Waals surface area contributed by atoms with Gasteiger partial charge in [-0.25, -0.2) is 9.78 Å². The van der Waals surface area contributed by atoms with Gasteiger partial charge in [-0.3, -0.25) is 4.90 Å². The summed E-state index contributed by atoms with van der Waals surface area (Å²) < 4.78 is 11.3. The largest absolute Gasteiger partial charge is 0.497 e. The molecule has 0 spiro atoms. The molecule has 0 unspecified atom stereocenters. The van der Waals surface area contributed by atoms with Crippen LogP contribution in [-0.2, 0) is 10.5 Å². The Kier molecular flexibility index (Phi) is 7.74. The Balaban J connectivity index is 1.61. The van der Waals surface area contributed by atoms with E-state index in [0.717, 1.165) is 27.1 Å². The Morgan fingerprint density at radius 1 is 1.45 bits per heavy atom. The molecule has 6 nitrogen and oxygen atoms in total. The smallest absolute Gasteiger partial charge is 0.410 e. The number of rotatable bonds is 8. The maximum absolute atomic E-state index is 12.1. The van der Waals surface area contributed by atoms with Gasteiger partial charge < -0.3 is 14.6 Å². The summed E-state index contributed by atoms with van der Waals surface area (Å²) in [4.78, 5) is 18.4. The summed E-state index contributed by atoms with van der Waals surface area (Å²) in [6.07, 6.45) is 3.62. The number of thioether (sulfide) groups is 1. The van der Waals surface area contributed by atoms with Crippen molar-refractivity contribution in [2.45, 2.75) is 22.6 Å². The molecule has 1 aromatic carbocycles. The molecule has 0 saturated heterocycles. The molecule has 1 N–H and O–H groups in total. The highest BCUT2D eigenvalue weighted by Gasteiger charge is 2.29. The van der Waals surface area contributed by atoms with Crippen molar-refractivity contribution in [3.8, 4) is 5.75 Å². The molecule has 1 aliphatic rings. The molecule has 154 valence electrons. The highest BCUT2D eigenvalue weighted by molar-refractivity contribution is 8.00. The summed E-state index contributed by atoms with van der Waals surface area (Å²) in [7, 11) is 1.66. The average Bonchev–Trinajstić information content (AvgIpc) is 3.25. The second-order valence-corrected chi connectivity index (χ2v) is 8.50. The van der Waals surface area contributed by atoms with Crippen LogP contribution in [0.25, 0.3) is 5.57 Å². The van der Waals surface area contributed by atoms with Crippen LogP contribution in [0, 0.1) is 0 Å². The molecule has 1 atom stereocenters. The fourth-order valence-electron chi connectivity index (χ4n) is 2.95. The maximum Gasteiger partial charge on any atom is 0.410 e. The van der Waals surface area contributed by atoms with E-state index >= 15 is 0 Å². The summed E-state index contributed by atoms with van der Waals surface area (Å²) in [5.41, 5.74) is 3.16. The number of ether oxygens (including phenoxy) is 2. The zero-order valence-corrected chi connectivity index (χ0v) is 17.9. The van der Waals surface area contributed by atoms with Gasteiger partial charge in [-0.2, -0.15) is 0 Å². The number of carbonyl (C=O) groups is 1. The van der Waals surface area contributed by atoms with Gasteiger partial charge in [0.25, 0.3) is 0 Å². The maximum atomic E-state index is 12.1. The zero-order valence-electron chi connectivity index (χ0n) is 16.2. The van der Waals surface area contributed by atoms with Gasteiger partial charge in [0.05, 0.1) is 25.5 Å². The second-order valence-electron chi connectivity index (χ2n) is 6.42. The predicted molar refractivity (Wildman–Crippen MR) is 116 cm³/mol. The zero-order chi connectivity index (χ0) is 20.6. The van der Waals surface area contributed by atoms with E-state index in [-0.39, 0.29) is 19.3 Å². The SMILES string of the molecule is C=CCOC(=O)N1CC=C(c2csc(SCc3ccc(OC)cc3)n2)C[C@H]1CO. The number of carbonyl (C=O) groups excluding carboxylic acids is 1. The van der Waals surface area contributed by atoms with E-state index in [9.17, 15) is 9.90 Å². The first-order valence-electron chi connectivity index (χ1n) is 9.20. The summed E-state index contributed by atoms with van der Waals surface area (Å²) in [6.45, 7) is 3.97. The van der Waals surface area contributed by atoms with Gasteiger partial charge in [0, 0.05) is 17.7 Å². The Bertz CT molecular complexity index is 864. The van der Waals surface area contributed by atoms with E-state index in [0.29, 0.717) is 13.0 Å². The second kappa shape index (κ2) is 10.5. The molecule has 3 rings (SSSR count). The minimum Gasteiger partial charge on any atom is -0.497 e. The third-order valence-corrected chi connectivity index (χ3v) is 6.63. The molecule has 1 aromatic heterocycles. The number of hydrogen-bond donors (Lipinski definition) is 1. The number of aliphatic hydroxyl groups excluding tert-OH is 1. The van der Waals surface area contributed by atoms with E-state index in [1.165, 1.54) is 11.6 Å². The minimum atomic E-state index is -0.437. The van der Waals surface area contributed by atoms with E-state index in [1.807, 2.05) is 23.6 Å². The van der Waals surface area contributed by atoms with Crippen LogP contribution in [0.15, 0.2) is 52.7 Å². The predicted octanol–water partition coefficient (Wildman–Crippen LogP) is 4.22. The Morgan fingerprint density at radius 2 is 2.24 bits per heavy atom. The molecular formula is C21H24N2O4S2. The third-order valence-electron chi connectivity index (χ3n) is 4.53. The van der Waals surface area contributed by atoms with Crippen LogP contribution >= 0.6 is 23.1 Å². The first-order chi connectivity index (χ1) is 14.1. The molecule has 29 heavy (non-hydrogen) atoms. The van der Waals surface area contributed by atoms with Crippen molar-refractivity contribution in [2.75, 3.05) is 26.9 Å². The number of thiazole rings is 1. The highest BCUT2D eigenvalue weighted by atomic mass is 32.2. The Labute approximate surface area is 178 Å². The van der Waals surface area contributed by atoms with Crippen molar-refractivity contribution < 1.29 is 19.4 Å². The lowest BCUT2D eigenvalue weighted by Gasteiger charge is -2.32. The van der Waals surface area contributed by atoms with Gasteiger partial charge >= 0.3 is 6.09 Å². The number of benzene rings is 1. The van der Waals surface area contributed by atoms with Gasteiger partial charge in [0.2, 0.25) is 0 Å². The Morgan fingerprint density at radius 3 is 2.93 bits per heavy atom. The quantitative estimate of drug-likeness (QED) is 0.498. The fraction of sp³-hybridized carbons (Fsp3) is 0.333. The van der Waals surface area contributed by atoms with E-state index < -0.39 is 6.09 Å². The van der Waals surface area contributed by atoms with Crippen LogP contribution in [0.1, 0.15) is 17.7 Å². The van der Waals surface area contributed by atoms with Gasteiger partial charge in [0.15, 0.2) is 4.34 Å². The summed E-state index contributed by atoms with van der Waals surface area (Å²) in [6, 6.07) is 7.70. The lowest BCUT2D eigenvalue weighted by molar-refractivity contribution is 0.0804. The van der Waals surface area contributed by atoms with Crippen LogP contribution in [-0.4, -0.2) is 54.0 Å². The summed E-state index contributed by atoms with van der Waals surface area (Å²) in [5.74, 6) is 1.68. The lowest BCUT2D eigenvalue weighted by Crippen LogP contribution is -2.45. The fourth-order valence-corrected chi connectivity index (χ4v) is 4.76. The number of aliphatic hydroxyl groups is 1. The molecule has 2 heterocycles. The molecule has 2 aromatic rings. The standard InChI is InChI=1S/C21H24N2O4S2/c1-3-10-27-21(25)23-9-8-16(11-17(23)12-24)19-14-29-20(22-19)28-13-15-4-6-18(26-2)7-5-15/h3-8,14,17,24H,1,9-13H2,2H3/t17-/m0/s1. The van der Waals surface area contributed by atoms with E-state index in [4.69, 9.17) is 14.5 Å². The average molecular weight is 433 g/mol. The summed E-state index contributed by atoms with van der Waals surface area (Å²) in [5, 5.41) is 11.8. The first kappa shape index (κ1) is 21.4. The molecule has 1 amide bonds. The Hall–Kier alpha value is -2.29. The normalized spacial score (nSPS) is 16.3. The number of aromatic nitrogens is 1. The van der Waals surface area contributed by atoms with Crippen LogP contribution in [0.2, 0.25) is 0 Å². The van der Waals surface area contributed by atoms with E-state index in [1.54, 1.807) is 35.1 Å². The van der Waals surface area contributed by atoms with Crippen LogP contribution in [0.4, 0.5) is 4.79 Å². The molecule has 0 saturated carbocycles.